The Bertz CT molecular complexity index is 2750. The van der Waals surface area contributed by atoms with Gasteiger partial charge in [-0.3, -0.25) is 62.3 Å². The molecule has 0 unspecified atom stereocenters. The van der Waals surface area contributed by atoms with Gasteiger partial charge in [-0.25, -0.2) is 4.79 Å². The molecule has 30 nitrogen and oxygen atoms in total. The van der Waals surface area contributed by atoms with Crippen LogP contribution in [0.4, 0.5) is 0 Å². The zero-order chi connectivity index (χ0) is 64.4. The van der Waals surface area contributed by atoms with Gasteiger partial charge in [0.2, 0.25) is 65.0 Å². The molecule has 0 radical (unpaired) electrons. The van der Waals surface area contributed by atoms with E-state index in [-0.39, 0.29) is 56.7 Å². The van der Waals surface area contributed by atoms with Crippen LogP contribution in [0.3, 0.4) is 0 Å². The molecule has 18 N–H and O–H groups in total. The molecule has 2 aromatic rings. The largest absolute Gasteiger partial charge is 0.508 e. The number of phenolic OH excluding ortho intramolecular Hbond substituents is 1. The number of aliphatic carboxylic acids is 3. The van der Waals surface area contributed by atoms with Crippen molar-refractivity contribution in [1.82, 2.24) is 47.4 Å². The number of phenols is 1. The number of hydrogen-bond acceptors (Lipinski definition) is 16. The molecular formula is C56H80N12O18. The summed E-state index contributed by atoms with van der Waals surface area (Å²) in [5.74, 6) is -15.2. The Morgan fingerprint density at radius 2 is 1.02 bits per heavy atom. The van der Waals surface area contributed by atoms with E-state index in [2.05, 4.69) is 42.5 Å². The molecule has 11 amide bonds. The Kier molecular flexibility index (Phi) is 29.0. The third kappa shape index (κ3) is 24.9. The van der Waals surface area contributed by atoms with E-state index in [0.29, 0.717) is 11.1 Å². The predicted molar refractivity (Wildman–Crippen MR) is 304 cm³/mol. The molecule has 1 aliphatic heterocycles. The van der Waals surface area contributed by atoms with Gasteiger partial charge in [0.25, 0.3) is 0 Å². The zero-order valence-electron chi connectivity index (χ0n) is 48.3. The summed E-state index contributed by atoms with van der Waals surface area (Å²) in [6.07, 6.45) is -3.75. The first-order valence-corrected chi connectivity index (χ1v) is 28.0. The number of aromatic hydroxyl groups is 1. The van der Waals surface area contributed by atoms with Gasteiger partial charge in [0.05, 0.1) is 12.6 Å². The second kappa shape index (κ2) is 35.2. The maximum Gasteiger partial charge on any atom is 0.326 e. The SMILES string of the molecule is CC(C)C[C@H](NC(=O)[C@H](Cc1ccc(O)cc1)NC(=O)[C@H](CCC(=O)O)NC(=O)[C@@H](N)CCC(=O)O)C(=O)N[C@H](C(=O)N1CCC[C@H]1C(=O)N[C@@H](CCC(N)=O)C(=O)N[C@@H](CCC(N)=O)C(=O)NCC(=O)N[C@@H](Cc1ccccc1)C(=O)O)C(C)C. The molecule has 0 aliphatic carbocycles. The highest BCUT2D eigenvalue weighted by molar-refractivity contribution is 5.99. The average molecular weight is 1210 g/mol. The first-order valence-electron chi connectivity index (χ1n) is 28.0. The fourth-order valence-electron chi connectivity index (χ4n) is 9.04. The molecule has 0 saturated carbocycles. The van der Waals surface area contributed by atoms with Crippen LogP contribution < -0.4 is 59.7 Å². The van der Waals surface area contributed by atoms with E-state index in [1.165, 1.54) is 29.2 Å². The molecule has 1 aliphatic rings. The topological polar surface area (TPSA) is 497 Å². The molecule has 1 heterocycles. The lowest BCUT2D eigenvalue weighted by molar-refractivity contribution is -0.143. The minimum absolute atomic E-state index is 0.0104. The summed E-state index contributed by atoms with van der Waals surface area (Å²) in [6, 6.07) is 0.796. The number of rotatable bonds is 37. The maximum absolute atomic E-state index is 14.6. The van der Waals surface area contributed by atoms with E-state index < -0.39 is 195 Å². The first-order chi connectivity index (χ1) is 40.4. The number of nitrogens with zero attached hydrogens (tertiary/aromatic N) is 1. The van der Waals surface area contributed by atoms with Crippen molar-refractivity contribution >= 4 is 82.9 Å². The number of benzene rings is 2. The van der Waals surface area contributed by atoms with Gasteiger partial charge in [0, 0.05) is 45.1 Å². The zero-order valence-corrected chi connectivity index (χ0v) is 48.3. The predicted octanol–water partition coefficient (Wildman–Crippen LogP) is -2.95. The van der Waals surface area contributed by atoms with E-state index >= 15 is 0 Å². The van der Waals surface area contributed by atoms with Gasteiger partial charge in [0.1, 0.15) is 54.1 Å². The van der Waals surface area contributed by atoms with Crippen molar-refractivity contribution in [3.8, 4) is 5.75 Å². The number of amides is 11. The Hall–Kier alpha value is -9.22. The number of carbonyl (C=O) groups excluding carboxylic acids is 11. The van der Waals surface area contributed by atoms with Gasteiger partial charge in [-0.2, -0.15) is 0 Å². The summed E-state index contributed by atoms with van der Waals surface area (Å²) in [4.78, 5) is 184. The van der Waals surface area contributed by atoms with Crippen molar-refractivity contribution < 1.29 is 87.5 Å². The number of likely N-dealkylation sites (tertiary alicyclic amines) is 1. The van der Waals surface area contributed by atoms with E-state index in [1.54, 1.807) is 58.0 Å². The number of primary amides is 2. The Morgan fingerprint density at radius 3 is 1.57 bits per heavy atom. The lowest BCUT2D eigenvalue weighted by atomic mass is 9.98. The molecular weight excluding hydrogens is 1130 g/mol. The second-order valence-corrected chi connectivity index (χ2v) is 21.6. The summed E-state index contributed by atoms with van der Waals surface area (Å²) in [5, 5.41) is 57.8. The first kappa shape index (κ1) is 71.0. The van der Waals surface area contributed by atoms with Gasteiger partial charge in [-0.05, 0) is 80.0 Å². The molecule has 30 heteroatoms. The van der Waals surface area contributed by atoms with Gasteiger partial charge in [-0.1, -0.05) is 70.2 Å². The smallest absolute Gasteiger partial charge is 0.326 e. The Balaban J connectivity index is 1.84. The van der Waals surface area contributed by atoms with Gasteiger partial charge in [0.15, 0.2) is 0 Å². The quantitative estimate of drug-likeness (QED) is 0.0322. The van der Waals surface area contributed by atoms with Crippen molar-refractivity contribution in [2.24, 2.45) is 29.0 Å². The van der Waals surface area contributed by atoms with Crippen LogP contribution >= 0.6 is 0 Å². The van der Waals surface area contributed by atoms with Crippen molar-refractivity contribution in [1.29, 1.82) is 0 Å². The molecule has 0 spiro atoms. The third-order valence-corrected chi connectivity index (χ3v) is 13.7. The molecule has 9 atom stereocenters. The van der Waals surface area contributed by atoms with E-state index in [1.807, 2.05) is 0 Å². The fourth-order valence-corrected chi connectivity index (χ4v) is 9.04. The molecule has 472 valence electrons. The summed E-state index contributed by atoms with van der Waals surface area (Å²) >= 11 is 0. The van der Waals surface area contributed by atoms with Crippen LogP contribution in [0.2, 0.25) is 0 Å². The van der Waals surface area contributed by atoms with Crippen molar-refractivity contribution in [2.75, 3.05) is 13.1 Å². The molecule has 0 bridgehead atoms. The van der Waals surface area contributed by atoms with Gasteiger partial charge < -0.3 is 85.1 Å². The van der Waals surface area contributed by atoms with Crippen LogP contribution in [0.5, 0.6) is 5.75 Å². The summed E-state index contributed by atoms with van der Waals surface area (Å²) < 4.78 is 0. The number of nitrogens with one attached hydrogen (secondary N) is 8. The second-order valence-electron chi connectivity index (χ2n) is 21.6. The van der Waals surface area contributed by atoms with Crippen LogP contribution in [0.1, 0.15) is 109 Å². The number of carbonyl (C=O) groups is 14. The monoisotopic (exact) mass is 1210 g/mol. The van der Waals surface area contributed by atoms with Crippen LogP contribution in [0, 0.1) is 11.8 Å². The van der Waals surface area contributed by atoms with Crippen LogP contribution in [-0.4, -0.2) is 176 Å². The minimum Gasteiger partial charge on any atom is -0.508 e. The van der Waals surface area contributed by atoms with Gasteiger partial charge >= 0.3 is 17.9 Å². The number of hydrogen-bond donors (Lipinski definition) is 15. The highest BCUT2D eigenvalue weighted by atomic mass is 16.4. The van der Waals surface area contributed by atoms with Crippen LogP contribution in [0.15, 0.2) is 54.6 Å². The average Bonchev–Trinajstić information content (AvgIpc) is 2.47. The summed E-state index contributed by atoms with van der Waals surface area (Å²) in [7, 11) is 0. The van der Waals surface area contributed by atoms with E-state index in [4.69, 9.17) is 22.3 Å². The highest BCUT2D eigenvalue weighted by Crippen LogP contribution is 2.22. The normalized spacial score (nSPS) is 15.6. The number of nitrogens with two attached hydrogens (primary N) is 3. The number of carboxylic acid groups (broad SMARTS) is 3. The fraction of sp³-hybridized carbons (Fsp3) is 0.536. The molecule has 2 aromatic carbocycles. The lowest BCUT2D eigenvalue weighted by Crippen LogP contribution is -2.61. The number of carboxylic acids is 3. The molecule has 86 heavy (non-hydrogen) atoms. The van der Waals surface area contributed by atoms with Gasteiger partial charge in [-0.15, -0.1) is 0 Å². The maximum atomic E-state index is 14.6. The van der Waals surface area contributed by atoms with Crippen molar-refractivity contribution in [3.05, 3.63) is 65.7 Å². The summed E-state index contributed by atoms with van der Waals surface area (Å²) in [5.41, 5.74) is 17.6. The Labute approximate surface area is 495 Å². The molecule has 1 saturated heterocycles. The van der Waals surface area contributed by atoms with Crippen molar-refractivity contribution in [2.45, 2.75) is 166 Å². The molecule has 0 aromatic heterocycles. The third-order valence-electron chi connectivity index (χ3n) is 13.7. The van der Waals surface area contributed by atoms with E-state index in [9.17, 15) is 82.4 Å². The molecule has 3 rings (SSSR count). The highest BCUT2D eigenvalue weighted by Gasteiger charge is 2.41. The van der Waals surface area contributed by atoms with Crippen LogP contribution in [0.25, 0.3) is 0 Å². The standard InChI is InChI=1S/C56H80N12O18/c1-29(2)25-38(65-52(81)39(26-32-12-14-33(69)15-13-32)66-51(80)37(19-23-46(75)76)62-48(77)34(57)16-22-45(73)74)53(82)67-47(30(3)4)55(84)68-24-8-11-41(68)54(83)64-36(18-21-43(59)71)50(79)63-35(17-20-42(58)70)49(78)60-28-44(72)61-40(56(85)86)27-31-9-6-5-7-10-31/h5-7,9-10,12-15,29-30,34-41,47,69H,8,11,16-28,57H2,1-4H3,(H2,58,70)(H2,59,71)(H,60,78)(H,61,72)(H,62,77)(H,63,79)(H,64,83)(H,65,81)(H,66,80)(H,67,82)(H,73,74)(H,75,76)(H,85,86)/t34-,35-,36-,37-,38-,39-,40-,41-,47-/m0/s1. The summed E-state index contributed by atoms with van der Waals surface area (Å²) in [6.45, 7) is 5.91. The van der Waals surface area contributed by atoms with Crippen LogP contribution in [-0.2, 0) is 80.0 Å². The minimum atomic E-state index is -1.60. The lowest BCUT2D eigenvalue weighted by Gasteiger charge is -2.32. The Morgan fingerprint density at radius 1 is 0.547 bits per heavy atom. The molecule has 1 fully saturated rings. The van der Waals surface area contributed by atoms with Crippen molar-refractivity contribution in [3.63, 3.8) is 0 Å². The van der Waals surface area contributed by atoms with E-state index in [0.717, 1.165) is 0 Å².